The lowest BCUT2D eigenvalue weighted by Crippen LogP contribution is -2.14. The Hall–Kier alpha value is -2.24. The lowest BCUT2D eigenvalue weighted by Gasteiger charge is -2.05. The Morgan fingerprint density at radius 3 is 2.79 bits per heavy atom. The molecular weight excluding hydrogens is 342 g/mol. The molecule has 0 aliphatic rings. The number of amides is 1. The number of nitrogens with two attached hydrogens (primary N) is 1. The van der Waals surface area contributed by atoms with Gasteiger partial charge in [-0.25, -0.2) is 4.98 Å². The number of carbonyl (C=O) groups excluding carboxylic acids is 1. The van der Waals surface area contributed by atoms with E-state index < -0.39 is 5.91 Å². The summed E-state index contributed by atoms with van der Waals surface area (Å²) in [5.74, 6) is -0.395. The van der Waals surface area contributed by atoms with Gasteiger partial charge in [-0.05, 0) is 36.2 Å². The highest BCUT2D eigenvalue weighted by atomic mass is 35.5. The number of halogens is 1. The maximum atomic E-state index is 11.2. The third kappa shape index (κ3) is 3.63. The van der Waals surface area contributed by atoms with Crippen LogP contribution < -0.4 is 5.73 Å². The van der Waals surface area contributed by atoms with Crippen molar-refractivity contribution in [3.05, 3.63) is 58.3 Å². The Morgan fingerprint density at radius 2 is 2.08 bits per heavy atom. The SMILES string of the molecule is CCc1nc(-c2cccc(Cl)c2)c(-c2ccnc(CC(N)=O)c2)s1. The maximum absolute atomic E-state index is 11.2. The van der Waals surface area contributed by atoms with Crippen molar-refractivity contribution in [3.8, 4) is 21.7 Å². The fourth-order valence-electron chi connectivity index (χ4n) is 2.44. The quantitative estimate of drug-likeness (QED) is 0.746. The highest BCUT2D eigenvalue weighted by molar-refractivity contribution is 7.15. The Kier molecular flexibility index (Phi) is 4.92. The number of hydrogen-bond acceptors (Lipinski definition) is 4. The van der Waals surface area contributed by atoms with Crippen molar-refractivity contribution < 1.29 is 4.79 Å². The molecule has 0 aliphatic carbocycles. The minimum Gasteiger partial charge on any atom is -0.369 e. The number of pyridine rings is 1. The molecular formula is C18H16ClN3OS. The van der Waals surface area contributed by atoms with Gasteiger partial charge in [-0.1, -0.05) is 30.7 Å². The fourth-order valence-corrected chi connectivity index (χ4v) is 3.65. The van der Waals surface area contributed by atoms with Crippen LogP contribution in [0.3, 0.4) is 0 Å². The minimum atomic E-state index is -0.395. The van der Waals surface area contributed by atoms with E-state index in [9.17, 15) is 4.79 Å². The molecule has 0 spiro atoms. The first kappa shape index (κ1) is 16.6. The van der Waals surface area contributed by atoms with Crippen LogP contribution in [0.1, 0.15) is 17.6 Å². The number of hydrogen-bond donors (Lipinski definition) is 1. The van der Waals surface area contributed by atoms with Gasteiger partial charge in [0.2, 0.25) is 5.91 Å². The zero-order valence-electron chi connectivity index (χ0n) is 13.1. The summed E-state index contributed by atoms with van der Waals surface area (Å²) in [6, 6.07) is 11.5. The second-order valence-corrected chi connectivity index (χ2v) is 6.85. The van der Waals surface area contributed by atoms with Gasteiger partial charge in [-0.3, -0.25) is 9.78 Å². The third-order valence-electron chi connectivity index (χ3n) is 3.51. The Balaban J connectivity index is 2.11. The second-order valence-electron chi connectivity index (χ2n) is 5.33. The first-order valence-electron chi connectivity index (χ1n) is 7.56. The molecule has 1 aromatic carbocycles. The van der Waals surface area contributed by atoms with Gasteiger partial charge < -0.3 is 5.73 Å². The van der Waals surface area contributed by atoms with Crippen LogP contribution in [0.25, 0.3) is 21.7 Å². The molecule has 0 saturated carbocycles. The zero-order chi connectivity index (χ0) is 17.1. The Morgan fingerprint density at radius 1 is 1.25 bits per heavy atom. The van der Waals surface area contributed by atoms with Crippen LogP contribution in [-0.2, 0) is 17.6 Å². The number of rotatable bonds is 5. The molecule has 2 N–H and O–H groups in total. The number of thiazole rings is 1. The molecule has 0 radical (unpaired) electrons. The number of aryl methyl sites for hydroxylation is 1. The van der Waals surface area contributed by atoms with Crippen molar-refractivity contribution in [3.63, 3.8) is 0 Å². The van der Waals surface area contributed by atoms with Gasteiger partial charge in [0.15, 0.2) is 0 Å². The number of nitrogens with zero attached hydrogens (tertiary/aromatic N) is 2. The summed E-state index contributed by atoms with van der Waals surface area (Å²) < 4.78 is 0. The van der Waals surface area contributed by atoms with Gasteiger partial charge >= 0.3 is 0 Å². The summed E-state index contributed by atoms with van der Waals surface area (Å²) in [7, 11) is 0. The molecule has 24 heavy (non-hydrogen) atoms. The highest BCUT2D eigenvalue weighted by Crippen LogP contribution is 2.37. The minimum absolute atomic E-state index is 0.125. The number of aromatic nitrogens is 2. The molecule has 0 saturated heterocycles. The summed E-state index contributed by atoms with van der Waals surface area (Å²) in [5, 5.41) is 1.72. The van der Waals surface area contributed by atoms with E-state index in [-0.39, 0.29) is 6.42 Å². The predicted molar refractivity (Wildman–Crippen MR) is 98.1 cm³/mol. The molecule has 0 aliphatic heterocycles. The first-order chi connectivity index (χ1) is 11.6. The Labute approximate surface area is 149 Å². The largest absolute Gasteiger partial charge is 0.369 e. The van der Waals surface area contributed by atoms with Crippen LogP contribution in [0.15, 0.2) is 42.6 Å². The summed E-state index contributed by atoms with van der Waals surface area (Å²) >= 11 is 7.77. The average Bonchev–Trinajstić information content (AvgIpc) is 2.99. The van der Waals surface area contributed by atoms with Crippen molar-refractivity contribution in [2.75, 3.05) is 0 Å². The van der Waals surface area contributed by atoms with E-state index >= 15 is 0 Å². The van der Waals surface area contributed by atoms with E-state index in [4.69, 9.17) is 22.3 Å². The van der Waals surface area contributed by atoms with Crippen LogP contribution in [0, 0.1) is 0 Å². The van der Waals surface area contributed by atoms with Gasteiger partial charge in [-0.2, -0.15) is 0 Å². The van der Waals surface area contributed by atoms with Crippen LogP contribution in [0.4, 0.5) is 0 Å². The molecule has 1 amide bonds. The standard InChI is InChI=1S/C18H16ClN3OS/c1-2-16-22-17(11-4-3-5-13(19)8-11)18(24-16)12-6-7-21-14(9-12)10-15(20)23/h3-9H,2,10H2,1H3,(H2,20,23). The molecule has 0 fully saturated rings. The maximum Gasteiger partial charge on any atom is 0.223 e. The fraction of sp³-hybridized carbons (Fsp3) is 0.167. The van der Waals surface area contributed by atoms with Crippen molar-refractivity contribution in [2.45, 2.75) is 19.8 Å². The van der Waals surface area contributed by atoms with Crippen molar-refractivity contribution in [2.24, 2.45) is 5.73 Å². The lowest BCUT2D eigenvalue weighted by molar-refractivity contribution is -0.117. The van der Waals surface area contributed by atoms with Crippen molar-refractivity contribution in [1.29, 1.82) is 0 Å². The van der Waals surface area contributed by atoms with Crippen LogP contribution in [-0.4, -0.2) is 15.9 Å². The van der Waals surface area contributed by atoms with Crippen molar-refractivity contribution in [1.82, 2.24) is 9.97 Å². The van der Waals surface area contributed by atoms with Gasteiger partial charge in [0.25, 0.3) is 0 Å². The molecule has 4 nitrogen and oxygen atoms in total. The number of benzene rings is 1. The summed E-state index contributed by atoms with van der Waals surface area (Å²) in [5.41, 5.74) is 8.78. The van der Waals surface area contributed by atoms with E-state index in [1.807, 2.05) is 36.4 Å². The average molecular weight is 358 g/mol. The summed E-state index contributed by atoms with van der Waals surface area (Å²) in [4.78, 5) is 21.2. The number of primary amides is 1. The van der Waals surface area contributed by atoms with Gasteiger partial charge in [0, 0.05) is 16.8 Å². The van der Waals surface area contributed by atoms with Gasteiger partial charge in [0.05, 0.1) is 27.7 Å². The molecule has 3 rings (SSSR count). The van der Waals surface area contributed by atoms with E-state index in [1.165, 1.54) is 0 Å². The molecule has 0 bridgehead atoms. The van der Waals surface area contributed by atoms with Crippen molar-refractivity contribution >= 4 is 28.8 Å². The molecule has 0 unspecified atom stereocenters. The number of carbonyl (C=O) groups is 1. The normalized spacial score (nSPS) is 10.8. The summed E-state index contributed by atoms with van der Waals surface area (Å²) in [6.45, 7) is 2.08. The summed E-state index contributed by atoms with van der Waals surface area (Å²) in [6.07, 6.45) is 2.68. The molecule has 0 atom stereocenters. The monoisotopic (exact) mass is 357 g/mol. The topological polar surface area (TPSA) is 68.9 Å². The molecule has 122 valence electrons. The smallest absolute Gasteiger partial charge is 0.223 e. The van der Waals surface area contributed by atoms with Crippen LogP contribution in [0.2, 0.25) is 5.02 Å². The third-order valence-corrected chi connectivity index (χ3v) is 4.99. The van der Waals surface area contributed by atoms with E-state index in [0.717, 1.165) is 33.1 Å². The molecule has 2 aromatic heterocycles. The molecule has 6 heteroatoms. The van der Waals surface area contributed by atoms with Gasteiger partial charge in [-0.15, -0.1) is 11.3 Å². The molecule has 3 aromatic rings. The van der Waals surface area contributed by atoms with Gasteiger partial charge in [0.1, 0.15) is 0 Å². The highest BCUT2D eigenvalue weighted by Gasteiger charge is 2.15. The van der Waals surface area contributed by atoms with Crippen LogP contribution in [0.5, 0.6) is 0 Å². The first-order valence-corrected chi connectivity index (χ1v) is 8.75. The van der Waals surface area contributed by atoms with Crippen LogP contribution >= 0.6 is 22.9 Å². The second kappa shape index (κ2) is 7.11. The van der Waals surface area contributed by atoms with E-state index in [2.05, 4.69) is 11.9 Å². The predicted octanol–water partition coefficient (Wildman–Crippen LogP) is 4.12. The van der Waals surface area contributed by atoms with E-state index in [0.29, 0.717) is 10.7 Å². The van der Waals surface area contributed by atoms with E-state index in [1.54, 1.807) is 17.5 Å². The zero-order valence-corrected chi connectivity index (χ0v) is 14.7. The Bertz CT molecular complexity index is 891. The molecule has 2 heterocycles. The lowest BCUT2D eigenvalue weighted by atomic mass is 10.1.